The van der Waals surface area contributed by atoms with Crippen LogP contribution in [0.25, 0.3) is 11.5 Å². The molecule has 4 rings (SSSR count). The van der Waals surface area contributed by atoms with E-state index in [4.69, 9.17) is 9.15 Å². The van der Waals surface area contributed by atoms with Gasteiger partial charge in [0.2, 0.25) is 11.8 Å². The molecule has 2 aromatic heterocycles. The first kappa shape index (κ1) is 20.8. The number of nitrogens with zero attached hydrogens (tertiary/aromatic N) is 5. The van der Waals surface area contributed by atoms with Crippen LogP contribution in [-0.4, -0.2) is 51.9 Å². The summed E-state index contributed by atoms with van der Waals surface area (Å²) in [7, 11) is 0. The molecule has 8 heteroatoms. The van der Waals surface area contributed by atoms with E-state index in [-0.39, 0.29) is 12.1 Å². The van der Waals surface area contributed by atoms with Crippen molar-refractivity contribution in [1.29, 1.82) is 0 Å². The van der Waals surface area contributed by atoms with E-state index in [1.807, 2.05) is 46.2 Å². The van der Waals surface area contributed by atoms with Gasteiger partial charge in [0.15, 0.2) is 0 Å². The number of unbranched alkanes of at least 4 members (excludes halogenated alkanes) is 1. The second-order valence-electron chi connectivity index (χ2n) is 7.68. The molecule has 1 aliphatic rings. The number of anilines is 1. The van der Waals surface area contributed by atoms with Gasteiger partial charge < -0.3 is 14.1 Å². The molecule has 1 fully saturated rings. The fourth-order valence-electron chi connectivity index (χ4n) is 3.72. The quantitative estimate of drug-likeness (QED) is 0.479. The number of urea groups is 1. The summed E-state index contributed by atoms with van der Waals surface area (Å²) in [6, 6.07) is 11.7. The van der Waals surface area contributed by atoms with Crippen LogP contribution >= 0.6 is 0 Å². The third kappa shape index (κ3) is 5.02. The first-order valence-electron chi connectivity index (χ1n) is 10.6. The fraction of sp³-hybridized carbons (Fsp3) is 0.391. The van der Waals surface area contributed by atoms with E-state index in [9.17, 15) is 4.79 Å². The molecule has 31 heavy (non-hydrogen) atoms. The lowest BCUT2D eigenvalue weighted by molar-refractivity contribution is 0.199. The normalized spacial score (nSPS) is 14.8. The summed E-state index contributed by atoms with van der Waals surface area (Å²) in [4.78, 5) is 20.5. The van der Waals surface area contributed by atoms with Gasteiger partial charge in [-0.3, -0.25) is 9.88 Å². The Balaban J connectivity index is 1.18. The third-order valence-electron chi connectivity index (χ3n) is 5.46. The minimum Gasteiger partial charge on any atom is -0.494 e. The third-order valence-corrected chi connectivity index (χ3v) is 5.46. The zero-order valence-electron chi connectivity index (χ0n) is 17.9. The number of ether oxygens (including phenoxy) is 1. The summed E-state index contributed by atoms with van der Waals surface area (Å²) in [6.07, 6.45) is 6.32. The zero-order chi connectivity index (χ0) is 21.6. The maximum Gasteiger partial charge on any atom is 0.324 e. The Hall–Kier alpha value is -3.42. The Labute approximate surface area is 181 Å². The molecule has 3 aromatic rings. The van der Waals surface area contributed by atoms with Crippen LogP contribution in [0.15, 0.2) is 53.2 Å². The maximum absolute atomic E-state index is 12.7. The van der Waals surface area contributed by atoms with E-state index in [0.717, 1.165) is 49.4 Å². The fourth-order valence-corrected chi connectivity index (χ4v) is 3.72. The molecule has 1 atom stereocenters. The molecular formula is C23H27N5O3. The van der Waals surface area contributed by atoms with Crippen molar-refractivity contribution in [3.8, 4) is 17.2 Å². The number of rotatable bonds is 9. The van der Waals surface area contributed by atoms with Crippen molar-refractivity contribution in [2.75, 3.05) is 24.6 Å². The number of amides is 2. The van der Waals surface area contributed by atoms with Crippen molar-refractivity contribution in [3.63, 3.8) is 0 Å². The molecule has 1 unspecified atom stereocenters. The first-order chi connectivity index (χ1) is 15.1. The number of aromatic nitrogens is 3. The molecule has 0 spiro atoms. The molecular weight excluding hydrogens is 394 g/mol. The maximum atomic E-state index is 12.7. The molecule has 0 N–H and O–H groups in total. The molecule has 0 saturated carbocycles. The average Bonchev–Trinajstić information content (AvgIpc) is 3.40. The summed E-state index contributed by atoms with van der Waals surface area (Å²) >= 11 is 0. The van der Waals surface area contributed by atoms with Gasteiger partial charge in [-0.15, -0.1) is 10.2 Å². The molecule has 1 aliphatic heterocycles. The highest BCUT2D eigenvalue weighted by molar-refractivity contribution is 5.94. The molecule has 162 valence electrons. The zero-order valence-corrected chi connectivity index (χ0v) is 17.9. The van der Waals surface area contributed by atoms with Crippen molar-refractivity contribution < 1.29 is 13.9 Å². The van der Waals surface area contributed by atoms with Crippen LogP contribution in [0.1, 0.15) is 32.1 Å². The van der Waals surface area contributed by atoms with Gasteiger partial charge in [0.05, 0.1) is 6.61 Å². The molecule has 0 bridgehead atoms. The molecule has 0 aliphatic carbocycles. The van der Waals surface area contributed by atoms with Gasteiger partial charge in [0.25, 0.3) is 0 Å². The second kappa shape index (κ2) is 9.59. The summed E-state index contributed by atoms with van der Waals surface area (Å²) in [5.74, 6) is 1.87. The van der Waals surface area contributed by atoms with Crippen molar-refractivity contribution in [2.24, 2.45) is 0 Å². The van der Waals surface area contributed by atoms with E-state index in [2.05, 4.69) is 22.1 Å². The van der Waals surface area contributed by atoms with E-state index < -0.39 is 0 Å². The number of aryl methyl sites for hydroxylation is 1. The minimum absolute atomic E-state index is 0.0754. The van der Waals surface area contributed by atoms with E-state index >= 15 is 0 Å². The van der Waals surface area contributed by atoms with Gasteiger partial charge in [-0.1, -0.05) is 0 Å². The molecule has 3 heterocycles. The summed E-state index contributed by atoms with van der Waals surface area (Å²) in [5, 5.41) is 7.86. The Bertz CT molecular complexity index is 990. The predicted molar refractivity (Wildman–Crippen MR) is 117 cm³/mol. The SMILES string of the molecule is Cc1nnc(-c2ccc(OCCCCC(C)N3CCN(c4ccncc4)C3=O)cc2)o1. The molecule has 2 amide bonds. The summed E-state index contributed by atoms with van der Waals surface area (Å²) < 4.78 is 11.3. The van der Waals surface area contributed by atoms with Gasteiger partial charge >= 0.3 is 6.03 Å². The van der Waals surface area contributed by atoms with Gasteiger partial charge in [-0.25, -0.2) is 4.79 Å². The highest BCUT2D eigenvalue weighted by Crippen LogP contribution is 2.23. The largest absolute Gasteiger partial charge is 0.494 e. The van der Waals surface area contributed by atoms with Crippen molar-refractivity contribution in [3.05, 3.63) is 54.7 Å². The van der Waals surface area contributed by atoms with E-state index in [0.29, 0.717) is 18.4 Å². The second-order valence-corrected chi connectivity index (χ2v) is 7.68. The van der Waals surface area contributed by atoms with Crippen LogP contribution in [0.5, 0.6) is 5.75 Å². The van der Waals surface area contributed by atoms with Crippen LogP contribution in [-0.2, 0) is 0 Å². The van der Waals surface area contributed by atoms with Gasteiger partial charge in [-0.2, -0.15) is 0 Å². The van der Waals surface area contributed by atoms with Crippen molar-refractivity contribution in [2.45, 2.75) is 39.2 Å². The van der Waals surface area contributed by atoms with Crippen LogP contribution in [0.3, 0.4) is 0 Å². The molecule has 1 aromatic carbocycles. The Kier molecular flexibility index (Phi) is 6.45. The van der Waals surface area contributed by atoms with Crippen molar-refractivity contribution >= 4 is 11.7 Å². The molecule has 0 radical (unpaired) electrons. The number of carbonyl (C=O) groups excluding carboxylic acids is 1. The first-order valence-corrected chi connectivity index (χ1v) is 10.6. The van der Waals surface area contributed by atoms with Gasteiger partial charge in [0.1, 0.15) is 5.75 Å². The monoisotopic (exact) mass is 421 g/mol. The van der Waals surface area contributed by atoms with Crippen LogP contribution in [0, 0.1) is 6.92 Å². The van der Waals surface area contributed by atoms with E-state index in [1.165, 1.54) is 0 Å². The van der Waals surface area contributed by atoms with Crippen LogP contribution in [0.2, 0.25) is 0 Å². The van der Waals surface area contributed by atoms with Gasteiger partial charge in [0, 0.05) is 49.7 Å². The lowest BCUT2D eigenvalue weighted by atomic mass is 10.1. The lowest BCUT2D eigenvalue weighted by Crippen LogP contribution is -2.37. The highest BCUT2D eigenvalue weighted by Gasteiger charge is 2.32. The van der Waals surface area contributed by atoms with Gasteiger partial charge in [-0.05, 0) is 62.6 Å². The Morgan fingerprint density at radius 3 is 2.55 bits per heavy atom. The average molecular weight is 422 g/mol. The summed E-state index contributed by atoms with van der Waals surface area (Å²) in [5.41, 5.74) is 1.78. The number of hydrogen-bond donors (Lipinski definition) is 0. The molecule has 8 nitrogen and oxygen atoms in total. The number of carbonyl (C=O) groups is 1. The smallest absolute Gasteiger partial charge is 0.324 e. The number of hydrogen-bond acceptors (Lipinski definition) is 6. The van der Waals surface area contributed by atoms with Crippen LogP contribution in [0.4, 0.5) is 10.5 Å². The topological polar surface area (TPSA) is 84.6 Å². The standard InChI is InChI=1S/C23H27N5O3/c1-17(27-14-15-28(23(27)29)20-10-12-24-13-11-20)5-3-4-16-30-21-8-6-19(7-9-21)22-26-25-18(2)31-22/h6-13,17H,3-5,14-16H2,1-2H3. The highest BCUT2D eigenvalue weighted by atomic mass is 16.5. The number of benzene rings is 1. The summed E-state index contributed by atoms with van der Waals surface area (Å²) in [6.45, 7) is 6.00. The Morgan fingerprint density at radius 1 is 1.06 bits per heavy atom. The minimum atomic E-state index is 0.0754. The number of pyridine rings is 1. The van der Waals surface area contributed by atoms with Crippen LogP contribution < -0.4 is 9.64 Å². The lowest BCUT2D eigenvalue weighted by Gasteiger charge is -2.25. The molecule has 1 saturated heterocycles. The van der Waals surface area contributed by atoms with Crippen molar-refractivity contribution in [1.82, 2.24) is 20.1 Å². The van der Waals surface area contributed by atoms with E-state index in [1.54, 1.807) is 19.3 Å². The Morgan fingerprint density at radius 2 is 1.84 bits per heavy atom. The predicted octanol–water partition coefficient (Wildman–Crippen LogP) is 4.32.